The summed E-state index contributed by atoms with van der Waals surface area (Å²) in [6, 6.07) is 3.57. The summed E-state index contributed by atoms with van der Waals surface area (Å²) in [5, 5.41) is 0. The zero-order chi connectivity index (χ0) is 11.5. The molecular weight excluding hydrogens is 204 g/mol. The Morgan fingerprint density at radius 1 is 1.62 bits per heavy atom. The van der Waals surface area contributed by atoms with Crippen molar-refractivity contribution in [2.75, 3.05) is 13.1 Å². The predicted molar refractivity (Wildman–Crippen MR) is 60.6 cm³/mol. The molecule has 0 radical (unpaired) electrons. The Balaban J connectivity index is 2.14. The molecule has 4 N–H and O–H groups in total. The molecule has 1 unspecified atom stereocenters. The molecule has 0 aliphatic carbocycles. The average Bonchev–Trinajstić information content (AvgIpc) is 2.75. The molecule has 0 spiro atoms. The topological polar surface area (TPSA) is 85.2 Å². The lowest BCUT2D eigenvalue weighted by Gasteiger charge is -2.15. The van der Waals surface area contributed by atoms with Crippen LogP contribution in [0.15, 0.2) is 18.3 Å². The quantitative estimate of drug-likeness (QED) is 0.717. The zero-order valence-corrected chi connectivity index (χ0v) is 9.10. The predicted octanol–water partition coefficient (Wildman–Crippen LogP) is -0.286. The molecule has 0 aromatic carbocycles. The number of pyridine rings is 1. The minimum absolute atomic E-state index is 0.0186. The maximum Gasteiger partial charge on any atom is 0.254 e. The van der Waals surface area contributed by atoms with Crippen molar-refractivity contribution in [2.24, 2.45) is 11.5 Å². The molecular formula is C11H16N4O. The van der Waals surface area contributed by atoms with E-state index in [1.165, 1.54) is 0 Å². The van der Waals surface area contributed by atoms with Gasteiger partial charge in [0.25, 0.3) is 5.91 Å². The van der Waals surface area contributed by atoms with E-state index >= 15 is 0 Å². The highest BCUT2D eigenvalue weighted by molar-refractivity contribution is 5.94. The van der Waals surface area contributed by atoms with E-state index in [9.17, 15) is 4.79 Å². The summed E-state index contributed by atoms with van der Waals surface area (Å²) >= 11 is 0. The first-order chi connectivity index (χ1) is 7.70. The number of hydrogen-bond donors (Lipinski definition) is 2. The van der Waals surface area contributed by atoms with Gasteiger partial charge in [-0.05, 0) is 18.6 Å². The minimum Gasteiger partial charge on any atom is -0.337 e. The van der Waals surface area contributed by atoms with Gasteiger partial charge >= 0.3 is 0 Å². The van der Waals surface area contributed by atoms with Crippen LogP contribution in [0.1, 0.15) is 22.5 Å². The van der Waals surface area contributed by atoms with Crippen molar-refractivity contribution in [3.05, 3.63) is 29.6 Å². The molecule has 0 bridgehead atoms. The minimum atomic E-state index is 0.0186. The van der Waals surface area contributed by atoms with Crippen molar-refractivity contribution in [1.82, 2.24) is 9.88 Å². The van der Waals surface area contributed by atoms with E-state index in [-0.39, 0.29) is 11.9 Å². The van der Waals surface area contributed by atoms with Gasteiger partial charge in [-0.2, -0.15) is 0 Å². The average molecular weight is 220 g/mol. The fourth-order valence-corrected chi connectivity index (χ4v) is 1.88. The maximum absolute atomic E-state index is 12.1. The molecule has 0 saturated carbocycles. The van der Waals surface area contributed by atoms with E-state index in [1.54, 1.807) is 23.2 Å². The lowest BCUT2D eigenvalue weighted by Crippen LogP contribution is -2.32. The van der Waals surface area contributed by atoms with Crippen LogP contribution in [0.2, 0.25) is 0 Å². The summed E-state index contributed by atoms with van der Waals surface area (Å²) in [7, 11) is 0. The molecule has 16 heavy (non-hydrogen) atoms. The second kappa shape index (κ2) is 4.59. The highest BCUT2D eigenvalue weighted by Gasteiger charge is 2.24. The van der Waals surface area contributed by atoms with E-state index in [4.69, 9.17) is 11.5 Å². The molecule has 2 rings (SSSR count). The molecule has 5 nitrogen and oxygen atoms in total. The SMILES string of the molecule is NCc1cc(C(=O)N2CCC(N)C2)ccn1. The number of aromatic nitrogens is 1. The van der Waals surface area contributed by atoms with Gasteiger partial charge in [-0.1, -0.05) is 0 Å². The first-order valence-electron chi connectivity index (χ1n) is 5.40. The third kappa shape index (κ3) is 2.20. The largest absolute Gasteiger partial charge is 0.337 e. The smallest absolute Gasteiger partial charge is 0.254 e. The number of hydrogen-bond acceptors (Lipinski definition) is 4. The van der Waals surface area contributed by atoms with Crippen molar-refractivity contribution in [1.29, 1.82) is 0 Å². The fraction of sp³-hybridized carbons (Fsp3) is 0.455. The van der Waals surface area contributed by atoms with Gasteiger partial charge < -0.3 is 16.4 Å². The summed E-state index contributed by atoms with van der Waals surface area (Å²) < 4.78 is 0. The Kier molecular flexibility index (Phi) is 3.17. The van der Waals surface area contributed by atoms with Crippen LogP contribution in [-0.4, -0.2) is 34.9 Å². The van der Waals surface area contributed by atoms with E-state index in [0.29, 0.717) is 18.7 Å². The van der Waals surface area contributed by atoms with E-state index in [1.807, 2.05) is 0 Å². The standard InChI is InChI=1S/C11H16N4O/c12-6-10-5-8(1-3-14-10)11(16)15-4-2-9(13)7-15/h1,3,5,9H,2,4,6-7,12-13H2. The summed E-state index contributed by atoms with van der Waals surface area (Å²) in [6.45, 7) is 1.72. The van der Waals surface area contributed by atoms with Crippen LogP contribution < -0.4 is 11.5 Å². The maximum atomic E-state index is 12.1. The summed E-state index contributed by atoms with van der Waals surface area (Å²) in [5.41, 5.74) is 12.6. The monoisotopic (exact) mass is 220 g/mol. The molecule has 1 amide bonds. The number of likely N-dealkylation sites (tertiary alicyclic amines) is 1. The second-order valence-corrected chi connectivity index (χ2v) is 4.04. The van der Waals surface area contributed by atoms with Gasteiger partial charge in [-0.25, -0.2) is 0 Å². The van der Waals surface area contributed by atoms with E-state index in [2.05, 4.69) is 4.98 Å². The Bertz CT molecular complexity index is 393. The summed E-state index contributed by atoms with van der Waals surface area (Å²) in [5.74, 6) is 0.0186. The summed E-state index contributed by atoms with van der Waals surface area (Å²) in [6.07, 6.45) is 2.49. The number of rotatable bonds is 2. The molecule has 1 atom stereocenters. The van der Waals surface area contributed by atoms with Crippen LogP contribution in [-0.2, 0) is 6.54 Å². The molecule has 86 valence electrons. The van der Waals surface area contributed by atoms with Crippen LogP contribution in [0.5, 0.6) is 0 Å². The lowest BCUT2D eigenvalue weighted by atomic mass is 10.2. The highest BCUT2D eigenvalue weighted by Crippen LogP contribution is 2.12. The van der Waals surface area contributed by atoms with Crippen molar-refractivity contribution < 1.29 is 4.79 Å². The number of nitrogens with two attached hydrogens (primary N) is 2. The number of amides is 1. The van der Waals surface area contributed by atoms with Gasteiger partial charge in [0.1, 0.15) is 0 Å². The van der Waals surface area contributed by atoms with Crippen molar-refractivity contribution >= 4 is 5.91 Å². The van der Waals surface area contributed by atoms with Gasteiger partial charge in [0.15, 0.2) is 0 Å². The first-order valence-corrected chi connectivity index (χ1v) is 5.40. The third-order valence-corrected chi connectivity index (χ3v) is 2.78. The molecule has 1 saturated heterocycles. The Morgan fingerprint density at radius 3 is 3.06 bits per heavy atom. The number of carbonyl (C=O) groups excluding carboxylic acids is 1. The first kappa shape index (κ1) is 11.0. The summed E-state index contributed by atoms with van der Waals surface area (Å²) in [4.78, 5) is 17.9. The normalized spacial score (nSPS) is 20.1. The zero-order valence-electron chi connectivity index (χ0n) is 9.10. The number of nitrogens with zero attached hydrogens (tertiary/aromatic N) is 2. The van der Waals surface area contributed by atoms with Crippen LogP contribution in [0.3, 0.4) is 0 Å². The highest BCUT2D eigenvalue weighted by atomic mass is 16.2. The Hall–Kier alpha value is -1.46. The van der Waals surface area contributed by atoms with Crippen molar-refractivity contribution in [3.63, 3.8) is 0 Å². The van der Waals surface area contributed by atoms with Crippen molar-refractivity contribution in [3.8, 4) is 0 Å². The molecule has 1 fully saturated rings. The van der Waals surface area contributed by atoms with Crippen LogP contribution in [0, 0.1) is 0 Å². The molecule has 2 heterocycles. The molecule has 1 aromatic heterocycles. The van der Waals surface area contributed by atoms with Gasteiger partial charge in [-0.3, -0.25) is 9.78 Å². The van der Waals surface area contributed by atoms with Crippen LogP contribution >= 0.6 is 0 Å². The molecule has 5 heteroatoms. The Morgan fingerprint density at radius 2 is 2.44 bits per heavy atom. The Labute approximate surface area is 94.4 Å². The molecule has 1 aliphatic rings. The third-order valence-electron chi connectivity index (χ3n) is 2.78. The van der Waals surface area contributed by atoms with Gasteiger partial charge in [0, 0.05) is 37.4 Å². The van der Waals surface area contributed by atoms with Crippen molar-refractivity contribution in [2.45, 2.75) is 19.0 Å². The lowest BCUT2D eigenvalue weighted by molar-refractivity contribution is 0.0790. The van der Waals surface area contributed by atoms with Crippen LogP contribution in [0.25, 0.3) is 0 Å². The van der Waals surface area contributed by atoms with Gasteiger partial charge in [0.2, 0.25) is 0 Å². The molecule has 1 aromatic rings. The number of carbonyl (C=O) groups is 1. The fourth-order valence-electron chi connectivity index (χ4n) is 1.88. The van der Waals surface area contributed by atoms with Crippen LogP contribution in [0.4, 0.5) is 0 Å². The van der Waals surface area contributed by atoms with E-state index in [0.717, 1.165) is 18.7 Å². The van der Waals surface area contributed by atoms with E-state index < -0.39 is 0 Å². The van der Waals surface area contributed by atoms with Gasteiger partial charge in [0.05, 0.1) is 5.69 Å². The second-order valence-electron chi connectivity index (χ2n) is 4.04. The van der Waals surface area contributed by atoms with Gasteiger partial charge in [-0.15, -0.1) is 0 Å². The molecule has 1 aliphatic heterocycles.